The number of rotatable bonds is 4. The Balaban J connectivity index is 1.94. The maximum absolute atomic E-state index is 12.3. The van der Waals surface area contributed by atoms with Gasteiger partial charge in [-0.05, 0) is 37.8 Å². The third-order valence-corrected chi connectivity index (χ3v) is 3.62. The standard InChI is InChI=1S/C15H20N2O3/c1-20-15(19)13-7-3-5-11-17(13)14(18)9-8-12-6-2-4-10-16-12/h2,4,6,10,13H,3,5,7-9,11H2,1H3. The molecule has 5 nitrogen and oxygen atoms in total. The fourth-order valence-electron chi connectivity index (χ4n) is 2.54. The summed E-state index contributed by atoms with van der Waals surface area (Å²) in [5.74, 6) is -0.304. The molecule has 1 fully saturated rings. The lowest BCUT2D eigenvalue weighted by atomic mass is 10.0. The highest BCUT2D eigenvalue weighted by Gasteiger charge is 2.32. The van der Waals surface area contributed by atoms with Gasteiger partial charge in [-0.15, -0.1) is 0 Å². The van der Waals surface area contributed by atoms with Gasteiger partial charge in [-0.25, -0.2) is 4.79 Å². The summed E-state index contributed by atoms with van der Waals surface area (Å²) < 4.78 is 4.79. The molecule has 20 heavy (non-hydrogen) atoms. The molecule has 0 radical (unpaired) electrons. The van der Waals surface area contributed by atoms with Gasteiger partial charge in [0.15, 0.2) is 0 Å². The average molecular weight is 276 g/mol. The minimum atomic E-state index is -0.412. The Morgan fingerprint density at radius 1 is 1.40 bits per heavy atom. The second-order valence-corrected chi connectivity index (χ2v) is 4.94. The van der Waals surface area contributed by atoms with Crippen LogP contribution in [-0.2, 0) is 20.7 Å². The molecule has 1 atom stereocenters. The highest BCUT2D eigenvalue weighted by atomic mass is 16.5. The Hall–Kier alpha value is -1.91. The Morgan fingerprint density at radius 2 is 2.25 bits per heavy atom. The molecular formula is C15H20N2O3. The van der Waals surface area contributed by atoms with Crippen LogP contribution in [-0.4, -0.2) is 41.5 Å². The minimum absolute atomic E-state index is 0.00533. The third-order valence-electron chi connectivity index (χ3n) is 3.62. The number of aryl methyl sites for hydroxylation is 1. The number of nitrogens with zero attached hydrogens (tertiary/aromatic N) is 2. The predicted octanol–water partition coefficient (Wildman–Crippen LogP) is 1.57. The molecule has 1 saturated heterocycles. The van der Waals surface area contributed by atoms with Gasteiger partial charge in [-0.2, -0.15) is 0 Å². The van der Waals surface area contributed by atoms with Gasteiger partial charge in [0.1, 0.15) is 6.04 Å². The topological polar surface area (TPSA) is 59.5 Å². The van der Waals surface area contributed by atoms with Crippen molar-refractivity contribution in [1.29, 1.82) is 0 Å². The molecule has 0 spiro atoms. The highest BCUT2D eigenvalue weighted by Crippen LogP contribution is 2.19. The summed E-state index contributed by atoms with van der Waals surface area (Å²) in [6.45, 7) is 0.640. The molecule has 0 saturated carbocycles. The van der Waals surface area contributed by atoms with Crippen molar-refractivity contribution in [2.24, 2.45) is 0 Å². The van der Waals surface area contributed by atoms with Crippen LogP contribution in [0.1, 0.15) is 31.4 Å². The Labute approximate surface area is 118 Å². The third kappa shape index (κ3) is 3.56. The van der Waals surface area contributed by atoms with Crippen LogP contribution in [0.4, 0.5) is 0 Å². The number of esters is 1. The molecule has 0 aliphatic carbocycles. The van der Waals surface area contributed by atoms with Gasteiger partial charge in [0, 0.05) is 24.9 Å². The molecule has 1 unspecified atom stereocenters. The van der Waals surface area contributed by atoms with Crippen LogP contribution < -0.4 is 0 Å². The van der Waals surface area contributed by atoms with Crippen LogP contribution in [0.2, 0.25) is 0 Å². The number of methoxy groups -OCH3 is 1. The molecule has 1 aromatic heterocycles. The van der Waals surface area contributed by atoms with Crippen LogP contribution in [0.15, 0.2) is 24.4 Å². The van der Waals surface area contributed by atoms with Crippen LogP contribution in [0, 0.1) is 0 Å². The number of hydrogen-bond acceptors (Lipinski definition) is 4. The number of hydrogen-bond donors (Lipinski definition) is 0. The smallest absolute Gasteiger partial charge is 0.328 e. The van der Waals surface area contributed by atoms with Crippen LogP contribution >= 0.6 is 0 Å². The van der Waals surface area contributed by atoms with Crippen molar-refractivity contribution in [2.45, 2.75) is 38.1 Å². The number of carbonyl (C=O) groups is 2. The molecule has 108 valence electrons. The van der Waals surface area contributed by atoms with Crippen molar-refractivity contribution >= 4 is 11.9 Å². The largest absolute Gasteiger partial charge is 0.467 e. The summed E-state index contributed by atoms with van der Waals surface area (Å²) >= 11 is 0. The number of aromatic nitrogens is 1. The second kappa shape index (κ2) is 7.03. The lowest BCUT2D eigenvalue weighted by molar-refractivity contribution is -0.154. The molecule has 0 N–H and O–H groups in total. The molecule has 0 aromatic carbocycles. The fourth-order valence-corrected chi connectivity index (χ4v) is 2.54. The maximum Gasteiger partial charge on any atom is 0.328 e. The van der Waals surface area contributed by atoms with Crippen LogP contribution in [0.5, 0.6) is 0 Å². The molecular weight excluding hydrogens is 256 g/mol. The van der Waals surface area contributed by atoms with Gasteiger partial charge in [0.25, 0.3) is 0 Å². The van der Waals surface area contributed by atoms with Crippen LogP contribution in [0.25, 0.3) is 0 Å². The normalized spacial score (nSPS) is 18.6. The fraction of sp³-hybridized carbons (Fsp3) is 0.533. The summed E-state index contributed by atoms with van der Waals surface area (Å²) in [6.07, 6.45) is 5.31. The molecule has 1 aromatic rings. The molecule has 0 bridgehead atoms. The van der Waals surface area contributed by atoms with E-state index in [0.717, 1.165) is 18.5 Å². The Bertz CT molecular complexity index is 461. The number of amides is 1. The Morgan fingerprint density at radius 3 is 2.95 bits per heavy atom. The van der Waals surface area contributed by atoms with Gasteiger partial charge in [-0.1, -0.05) is 6.07 Å². The van der Waals surface area contributed by atoms with E-state index in [2.05, 4.69) is 4.98 Å². The monoisotopic (exact) mass is 276 g/mol. The first kappa shape index (κ1) is 14.5. The Kier molecular flexibility index (Phi) is 5.09. The first-order valence-electron chi connectivity index (χ1n) is 6.99. The van der Waals surface area contributed by atoms with Crippen molar-refractivity contribution in [2.75, 3.05) is 13.7 Å². The lowest BCUT2D eigenvalue weighted by Gasteiger charge is -2.33. The van der Waals surface area contributed by atoms with E-state index in [0.29, 0.717) is 25.8 Å². The number of likely N-dealkylation sites (tertiary alicyclic amines) is 1. The molecule has 1 aliphatic heterocycles. The first-order valence-corrected chi connectivity index (χ1v) is 6.99. The summed E-state index contributed by atoms with van der Waals surface area (Å²) in [4.78, 5) is 29.9. The number of carbonyl (C=O) groups excluding carboxylic acids is 2. The van der Waals surface area contributed by atoms with E-state index in [1.165, 1.54) is 7.11 Å². The number of pyridine rings is 1. The van der Waals surface area contributed by atoms with E-state index in [1.54, 1.807) is 11.1 Å². The molecule has 1 aliphatic rings. The zero-order chi connectivity index (χ0) is 14.4. The quantitative estimate of drug-likeness (QED) is 0.783. The van der Waals surface area contributed by atoms with Crippen molar-refractivity contribution in [1.82, 2.24) is 9.88 Å². The van der Waals surface area contributed by atoms with Gasteiger partial charge in [-0.3, -0.25) is 9.78 Å². The van der Waals surface area contributed by atoms with E-state index in [9.17, 15) is 9.59 Å². The van der Waals surface area contributed by atoms with E-state index >= 15 is 0 Å². The van der Waals surface area contributed by atoms with Crippen molar-refractivity contribution in [3.05, 3.63) is 30.1 Å². The molecule has 2 rings (SSSR count). The van der Waals surface area contributed by atoms with E-state index in [-0.39, 0.29) is 11.9 Å². The van der Waals surface area contributed by atoms with Crippen molar-refractivity contribution < 1.29 is 14.3 Å². The summed E-state index contributed by atoms with van der Waals surface area (Å²) in [5.41, 5.74) is 0.896. The zero-order valence-electron chi connectivity index (χ0n) is 11.7. The number of piperidine rings is 1. The molecule has 2 heterocycles. The minimum Gasteiger partial charge on any atom is -0.467 e. The maximum atomic E-state index is 12.3. The average Bonchev–Trinajstić information content (AvgIpc) is 2.52. The zero-order valence-corrected chi connectivity index (χ0v) is 11.7. The van der Waals surface area contributed by atoms with Gasteiger partial charge in [0.2, 0.25) is 5.91 Å². The second-order valence-electron chi connectivity index (χ2n) is 4.94. The molecule has 1 amide bonds. The number of ether oxygens (including phenoxy) is 1. The lowest BCUT2D eigenvalue weighted by Crippen LogP contribution is -2.48. The van der Waals surface area contributed by atoms with Crippen LogP contribution in [0.3, 0.4) is 0 Å². The van der Waals surface area contributed by atoms with Crippen molar-refractivity contribution in [3.63, 3.8) is 0 Å². The molecule has 5 heteroatoms. The van der Waals surface area contributed by atoms with Gasteiger partial charge in [0.05, 0.1) is 7.11 Å². The summed E-state index contributed by atoms with van der Waals surface area (Å²) in [5, 5.41) is 0. The predicted molar refractivity (Wildman–Crippen MR) is 73.9 cm³/mol. The summed E-state index contributed by atoms with van der Waals surface area (Å²) in [7, 11) is 1.37. The highest BCUT2D eigenvalue weighted by molar-refractivity contribution is 5.84. The van der Waals surface area contributed by atoms with Gasteiger partial charge < -0.3 is 9.64 Å². The van der Waals surface area contributed by atoms with E-state index in [4.69, 9.17) is 4.74 Å². The summed E-state index contributed by atoms with van der Waals surface area (Å²) in [6, 6.07) is 5.25. The van der Waals surface area contributed by atoms with E-state index in [1.807, 2.05) is 18.2 Å². The first-order chi connectivity index (χ1) is 9.72. The van der Waals surface area contributed by atoms with Gasteiger partial charge >= 0.3 is 5.97 Å². The SMILES string of the molecule is COC(=O)C1CCCCN1C(=O)CCc1ccccn1. The van der Waals surface area contributed by atoms with E-state index < -0.39 is 6.04 Å². The van der Waals surface area contributed by atoms with Crippen molar-refractivity contribution in [3.8, 4) is 0 Å².